The number of amidine groups is 1. The number of carbonyl (C=O) groups excluding carboxylic acids is 2. The van der Waals surface area contributed by atoms with Gasteiger partial charge in [-0.25, -0.2) is 4.98 Å². The lowest BCUT2D eigenvalue weighted by Gasteiger charge is -2.22. The van der Waals surface area contributed by atoms with E-state index < -0.39 is 0 Å². The van der Waals surface area contributed by atoms with E-state index in [-0.39, 0.29) is 43.1 Å². The van der Waals surface area contributed by atoms with Gasteiger partial charge in [0.15, 0.2) is 0 Å². The topological polar surface area (TPSA) is 126 Å². The number of nitrogens with zero attached hydrogens (tertiary/aromatic N) is 3. The summed E-state index contributed by atoms with van der Waals surface area (Å²) in [5, 5.41) is 11.0. The van der Waals surface area contributed by atoms with Crippen molar-refractivity contribution in [1.29, 1.82) is 5.41 Å². The van der Waals surface area contributed by atoms with Crippen LogP contribution in [0.25, 0.3) is 11.0 Å². The van der Waals surface area contributed by atoms with Crippen LogP contribution in [0.1, 0.15) is 54.0 Å². The Morgan fingerprint density at radius 3 is 2.42 bits per heavy atom. The van der Waals surface area contributed by atoms with Crippen molar-refractivity contribution in [3.05, 3.63) is 89.7 Å². The monoisotopic (exact) mass is 560 g/mol. The van der Waals surface area contributed by atoms with Crippen LogP contribution in [-0.2, 0) is 16.1 Å². The lowest BCUT2D eigenvalue weighted by molar-refractivity contribution is -0.142. The van der Waals surface area contributed by atoms with Crippen LogP contribution in [0.15, 0.2) is 72.8 Å². The minimum absolute atomic E-state index is 0. The molecule has 0 saturated heterocycles. The standard InChI is InChI=1S/C30H32N6O3.ClH/c1-2-39-28(37)16-17-35(23-6-4-3-5-7-23)30(38)21-10-15-26-25(18-21)34-27(36(26)24-13-14-24)19-33-22-11-8-20(9-12-22)29(31)32;/h3-12,15,18,24,33H,2,13-14,16-17,19H2,1H3,(H3,31,32);1H. The fraction of sp³-hybridized carbons (Fsp3) is 0.267. The average Bonchev–Trinajstić information content (AvgIpc) is 3.72. The minimum Gasteiger partial charge on any atom is -0.466 e. The van der Waals surface area contributed by atoms with Gasteiger partial charge in [0.05, 0.1) is 30.6 Å². The predicted octanol–water partition coefficient (Wildman–Crippen LogP) is 5.29. The number of imidazole rings is 1. The van der Waals surface area contributed by atoms with Crippen molar-refractivity contribution >= 4 is 52.5 Å². The summed E-state index contributed by atoms with van der Waals surface area (Å²) in [6.45, 7) is 2.80. The van der Waals surface area contributed by atoms with Gasteiger partial charge in [-0.15, -0.1) is 12.4 Å². The van der Waals surface area contributed by atoms with E-state index in [0.717, 1.165) is 41.1 Å². The van der Waals surface area contributed by atoms with E-state index in [9.17, 15) is 9.59 Å². The number of nitrogen functional groups attached to an aromatic ring is 1. The van der Waals surface area contributed by atoms with Gasteiger partial charge in [0.2, 0.25) is 0 Å². The van der Waals surface area contributed by atoms with Gasteiger partial charge in [-0.3, -0.25) is 15.0 Å². The number of aromatic nitrogens is 2. The molecule has 9 nitrogen and oxygen atoms in total. The second-order valence-electron chi connectivity index (χ2n) is 9.52. The van der Waals surface area contributed by atoms with E-state index in [4.69, 9.17) is 20.9 Å². The van der Waals surface area contributed by atoms with Gasteiger partial charge >= 0.3 is 5.97 Å². The molecule has 10 heteroatoms. The van der Waals surface area contributed by atoms with Crippen molar-refractivity contribution in [2.45, 2.75) is 38.8 Å². The van der Waals surface area contributed by atoms with Gasteiger partial charge in [-0.1, -0.05) is 18.2 Å². The summed E-state index contributed by atoms with van der Waals surface area (Å²) in [6.07, 6.45) is 2.31. The molecule has 4 aromatic rings. The number of para-hydroxylation sites is 1. The third kappa shape index (κ3) is 6.43. The summed E-state index contributed by atoms with van der Waals surface area (Å²) < 4.78 is 7.34. The van der Waals surface area contributed by atoms with Crippen LogP contribution in [-0.4, -0.2) is 40.4 Å². The lowest BCUT2D eigenvalue weighted by atomic mass is 10.1. The number of benzene rings is 3. The molecule has 3 aromatic carbocycles. The molecule has 0 bridgehead atoms. The number of nitrogens with one attached hydrogen (secondary N) is 2. The Labute approximate surface area is 239 Å². The summed E-state index contributed by atoms with van der Waals surface area (Å²) in [7, 11) is 0. The molecule has 1 aliphatic rings. The summed E-state index contributed by atoms with van der Waals surface area (Å²) >= 11 is 0. The lowest BCUT2D eigenvalue weighted by Crippen LogP contribution is -2.33. The second kappa shape index (κ2) is 12.7. The zero-order valence-electron chi connectivity index (χ0n) is 22.3. The highest BCUT2D eigenvalue weighted by Gasteiger charge is 2.29. The van der Waals surface area contributed by atoms with Crippen LogP contribution < -0.4 is 16.0 Å². The fourth-order valence-electron chi connectivity index (χ4n) is 4.64. The number of anilines is 2. The zero-order valence-corrected chi connectivity index (χ0v) is 23.1. The van der Waals surface area contributed by atoms with Crippen LogP contribution in [0.2, 0.25) is 0 Å². The Bertz CT molecular complexity index is 1500. The van der Waals surface area contributed by atoms with Gasteiger partial charge in [-0.2, -0.15) is 0 Å². The number of amides is 1. The third-order valence-electron chi connectivity index (χ3n) is 6.73. The Kier molecular flexibility index (Phi) is 9.06. The highest BCUT2D eigenvalue weighted by molar-refractivity contribution is 6.07. The first-order valence-electron chi connectivity index (χ1n) is 13.2. The minimum atomic E-state index is -0.335. The maximum Gasteiger partial charge on any atom is 0.307 e. The van der Waals surface area contributed by atoms with Crippen molar-refractivity contribution in [3.63, 3.8) is 0 Å². The largest absolute Gasteiger partial charge is 0.466 e. The molecule has 1 saturated carbocycles. The average molecular weight is 561 g/mol. The van der Waals surface area contributed by atoms with Gasteiger partial charge in [-0.05, 0) is 74.4 Å². The smallest absolute Gasteiger partial charge is 0.307 e. The Morgan fingerprint density at radius 1 is 1.07 bits per heavy atom. The number of fused-ring (bicyclic) bond motifs is 1. The van der Waals surface area contributed by atoms with Crippen LogP contribution in [0, 0.1) is 5.41 Å². The quantitative estimate of drug-likeness (QED) is 0.130. The number of ether oxygens (including phenoxy) is 1. The van der Waals surface area contributed by atoms with Crippen LogP contribution >= 0.6 is 12.4 Å². The molecule has 0 atom stereocenters. The molecule has 208 valence electrons. The first-order chi connectivity index (χ1) is 18.9. The Balaban J connectivity index is 0.00000370. The fourth-order valence-corrected chi connectivity index (χ4v) is 4.64. The number of esters is 1. The molecule has 40 heavy (non-hydrogen) atoms. The molecule has 1 aliphatic carbocycles. The predicted molar refractivity (Wildman–Crippen MR) is 159 cm³/mol. The van der Waals surface area contributed by atoms with Gasteiger partial charge < -0.3 is 25.3 Å². The summed E-state index contributed by atoms with van der Waals surface area (Å²) in [5.74, 6) is 0.403. The molecule has 1 amide bonds. The van der Waals surface area contributed by atoms with Crippen molar-refractivity contribution in [3.8, 4) is 0 Å². The molecule has 1 fully saturated rings. The molecular formula is C30H33ClN6O3. The highest BCUT2D eigenvalue weighted by Crippen LogP contribution is 2.39. The maximum atomic E-state index is 13.7. The molecule has 0 radical (unpaired) electrons. The summed E-state index contributed by atoms with van der Waals surface area (Å²) in [5.41, 5.74) is 10.1. The first kappa shape index (κ1) is 28.6. The van der Waals surface area contributed by atoms with Gasteiger partial charge in [0.1, 0.15) is 11.7 Å². The van der Waals surface area contributed by atoms with Gasteiger partial charge in [0, 0.05) is 35.1 Å². The Hall–Kier alpha value is -4.37. The number of halogens is 1. The van der Waals surface area contributed by atoms with Crippen molar-refractivity contribution in [1.82, 2.24) is 9.55 Å². The third-order valence-corrected chi connectivity index (χ3v) is 6.73. The molecule has 4 N–H and O–H groups in total. The van der Waals surface area contributed by atoms with E-state index >= 15 is 0 Å². The summed E-state index contributed by atoms with van der Waals surface area (Å²) in [6, 6.07) is 22.8. The zero-order chi connectivity index (χ0) is 27.4. The van der Waals surface area contributed by atoms with E-state index in [2.05, 4.69) is 9.88 Å². The molecule has 0 aliphatic heterocycles. The van der Waals surface area contributed by atoms with Gasteiger partial charge in [0.25, 0.3) is 5.91 Å². The van der Waals surface area contributed by atoms with Crippen LogP contribution in [0.4, 0.5) is 11.4 Å². The maximum absolute atomic E-state index is 13.7. The first-order valence-corrected chi connectivity index (χ1v) is 13.2. The second-order valence-corrected chi connectivity index (χ2v) is 9.52. The summed E-state index contributed by atoms with van der Waals surface area (Å²) in [4.78, 5) is 32.2. The van der Waals surface area contributed by atoms with Crippen molar-refractivity contribution in [2.75, 3.05) is 23.4 Å². The molecular weight excluding hydrogens is 528 g/mol. The SMILES string of the molecule is CCOC(=O)CCN(C(=O)c1ccc2c(c1)nc(CNc1ccc(C(=N)N)cc1)n2C1CC1)c1ccccc1.Cl. The van der Waals surface area contributed by atoms with Crippen LogP contribution in [0.5, 0.6) is 0 Å². The molecule has 0 spiro atoms. The molecule has 1 heterocycles. The number of carbonyl (C=O) groups is 2. The van der Waals surface area contributed by atoms with E-state index in [1.165, 1.54) is 0 Å². The van der Waals surface area contributed by atoms with E-state index in [0.29, 0.717) is 30.3 Å². The number of hydrogen-bond acceptors (Lipinski definition) is 6. The van der Waals surface area contributed by atoms with Crippen molar-refractivity contribution < 1.29 is 14.3 Å². The van der Waals surface area contributed by atoms with E-state index in [1.54, 1.807) is 11.8 Å². The normalized spacial score (nSPS) is 12.4. The number of nitrogens with two attached hydrogens (primary N) is 1. The number of rotatable bonds is 11. The van der Waals surface area contributed by atoms with E-state index in [1.807, 2.05) is 72.8 Å². The highest BCUT2D eigenvalue weighted by atomic mass is 35.5. The molecule has 0 unspecified atom stereocenters. The number of hydrogen-bond donors (Lipinski definition) is 3. The van der Waals surface area contributed by atoms with Crippen molar-refractivity contribution in [2.24, 2.45) is 5.73 Å². The van der Waals surface area contributed by atoms with Crippen LogP contribution in [0.3, 0.4) is 0 Å². The Morgan fingerprint density at radius 2 is 1.77 bits per heavy atom. The molecule has 5 rings (SSSR count). The molecule has 1 aromatic heterocycles.